The van der Waals surface area contributed by atoms with E-state index >= 15 is 0 Å². The first-order valence-electron chi connectivity index (χ1n) is 8.73. The number of hydrogen-bond acceptors (Lipinski definition) is 4. The zero-order chi connectivity index (χ0) is 19.5. The van der Waals surface area contributed by atoms with Crippen molar-refractivity contribution in [1.29, 1.82) is 0 Å². The van der Waals surface area contributed by atoms with Crippen molar-refractivity contribution in [2.75, 3.05) is 0 Å². The smallest absolute Gasteiger partial charge is 0.254 e. The third kappa shape index (κ3) is 3.58. The van der Waals surface area contributed by atoms with Crippen LogP contribution in [0.3, 0.4) is 0 Å². The normalized spacial score (nSPS) is 11.9. The van der Waals surface area contributed by atoms with Crippen LogP contribution in [0.2, 0.25) is 0 Å². The van der Waals surface area contributed by atoms with E-state index in [0.29, 0.717) is 22.4 Å². The summed E-state index contributed by atoms with van der Waals surface area (Å²) in [4.78, 5) is 21.1. The van der Waals surface area contributed by atoms with Crippen molar-refractivity contribution in [3.8, 4) is 11.3 Å². The van der Waals surface area contributed by atoms with Gasteiger partial charge in [-0.2, -0.15) is 0 Å². The quantitative estimate of drug-likeness (QED) is 0.534. The molecule has 2 aromatic carbocycles. The molecule has 2 heterocycles. The molecule has 5 nitrogen and oxygen atoms in total. The Kier molecular flexibility index (Phi) is 4.78. The van der Waals surface area contributed by atoms with Crippen molar-refractivity contribution >= 4 is 16.7 Å². The lowest BCUT2D eigenvalue weighted by atomic mass is 10.1. The predicted molar refractivity (Wildman–Crippen MR) is 106 cm³/mol. The Labute approximate surface area is 161 Å². The number of hydrogen-bond donors (Lipinski definition) is 2. The maximum absolute atomic E-state index is 13.4. The molecule has 0 radical (unpaired) electrons. The molecule has 1 amide bonds. The summed E-state index contributed by atoms with van der Waals surface area (Å²) in [6.45, 7) is 0. The molecule has 28 heavy (non-hydrogen) atoms. The molecule has 0 saturated carbocycles. The highest BCUT2D eigenvalue weighted by Crippen LogP contribution is 2.20. The lowest BCUT2D eigenvalue weighted by Gasteiger charge is -2.15. The van der Waals surface area contributed by atoms with Gasteiger partial charge >= 0.3 is 0 Å². The summed E-state index contributed by atoms with van der Waals surface area (Å²) in [7, 11) is 0. The maximum atomic E-state index is 13.4. The minimum Gasteiger partial charge on any atom is -0.333 e. The Morgan fingerprint density at radius 1 is 1.00 bits per heavy atom. The molecule has 0 spiro atoms. The number of aromatic nitrogens is 2. The molecule has 138 valence electrons. The molecule has 1 unspecified atom stereocenters. The van der Waals surface area contributed by atoms with Crippen LogP contribution in [0.25, 0.3) is 22.0 Å². The number of carbonyl (C=O) groups is 1. The topological polar surface area (TPSA) is 80.9 Å². The average Bonchev–Trinajstić information content (AvgIpc) is 2.73. The first-order valence-corrected chi connectivity index (χ1v) is 8.73. The number of carbonyl (C=O) groups excluding carboxylic acids is 1. The third-order valence-corrected chi connectivity index (χ3v) is 4.47. The molecule has 4 rings (SSSR count). The standard InChI is InChI=1S/C22H17FN4O/c23-17-6-3-5-14(10-17)20-9-8-16(12-26-20)21(24)27-22(28)19-13-25-11-15-4-1-2-7-18(15)19/h1-13,21H,24H2,(H,27,28). The summed E-state index contributed by atoms with van der Waals surface area (Å²) in [5, 5.41) is 4.46. The molecule has 0 fully saturated rings. The molecule has 2 aromatic heterocycles. The minimum atomic E-state index is -0.736. The summed E-state index contributed by atoms with van der Waals surface area (Å²) in [6, 6.07) is 17.2. The fraction of sp³-hybridized carbons (Fsp3) is 0.0455. The van der Waals surface area contributed by atoms with Crippen molar-refractivity contribution in [2.24, 2.45) is 5.73 Å². The van der Waals surface area contributed by atoms with Crippen molar-refractivity contribution in [1.82, 2.24) is 15.3 Å². The van der Waals surface area contributed by atoms with Crippen molar-refractivity contribution in [2.45, 2.75) is 6.17 Å². The van der Waals surface area contributed by atoms with E-state index in [9.17, 15) is 9.18 Å². The van der Waals surface area contributed by atoms with E-state index in [-0.39, 0.29) is 11.7 Å². The molecule has 0 aliphatic heterocycles. The van der Waals surface area contributed by atoms with Crippen molar-refractivity contribution < 1.29 is 9.18 Å². The Morgan fingerprint density at radius 2 is 1.86 bits per heavy atom. The van der Waals surface area contributed by atoms with E-state index < -0.39 is 6.17 Å². The van der Waals surface area contributed by atoms with E-state index in [1.165, 1.54) is 18.3 Å². The molecular formula is C22H17FN4O. The lowest BCUT2D eigenvalue weighted by Crippen LogP contribution is -2.34. The summed E-state index contributed by atoms with van der Waals surface area (Å²) in [6.07, 6.45) is 4.07. The number of pyridine rings is 2. The van der Waals surface area contributed by atoms with Gasteiger partial charge in [0, 0.05) is 35.1 Å². The second-order valence-corrected chi connectivity index (χ2v) is 6.35. The van der Waals surface area contributed by atoms with Gasteiger partial charge in [0.25, 0.3) is 5.91 Å². The molecule has 6 heteroatoms. The Morgan fingerprint density at radius 3 is 2.64 bits per heavy atom. The molecule has 3 N–H and O–H groups in total. The average molecular weight is 372 g/mol. The van der Waals surface area contributed by atoms with Gasteiger partial charge in [0.2, 0.25) is 0 Å². The second-order valence-electron chi connectivity index (χ2n) is 6.35. The highest BCUT2D eigenvalue weighted by Gasteiger charge is 2.15. The third-order valence-electron chi connectivity index (χ3n) is 4.47. The van der Waals surface area contributed by atoms with Gasteiger partial charge in [0.15, 0.2) is 0 Å². The lowest BCUT2D eigenvalue weighted by molar-refractivity contribution is 0.0939. The van der Waals surface area contributed by atoms with Crippen LogP contribution < -0.4 is 11.1 Å². The van der Waals surface area contributed by atoms with E-state index in [1.54, 1.807) is 36.7 Å². The predicted octanol–water partition coefficient (Wildman–Crippen LogP) is 3.82. The van der Waals surface area contributed by atoms with Gasteiger partial charge in [-0.3, -0.25) is 14.8 Å². The van der Waals surface area contributed by atoms with Gasteiger partial charge in [-0.25, -0.2) is 4.39 Å². The molecule has 0 aliphatic carbocycles. The number of nitrogens with two attached hydrogens (primary N) is 1. The highest BCUT2D eigenvalue weighted by molar-refractivity contribution is 6.06. The molecule has 0 saturated heterocycles. The van der Waals surface area contributed by atoms with E-state index in [2.05, 4.69) is 15.3 Å². The summed E-state index contributed by atoms with van der Waals surface area (Å²) >= 11 is 0. The number of fused-ring (bicyclic) bond motifs is 1. The SMILES string of the molecule is NC(NC(=O)c1cncc2ccccc12)c1ccc(-c2cccc(F)c2)nc1. The summed E-state index contributed by atoms with van der Waals surface area (Å²) < 4.78 is 13.4. The fourth-order valence-corrected chi connectivity index (χ4v) is 3.01. The Hall–Kier alpha value is -3.64. The molecular weight excluding hydrogens is 355 g/mol. The van der Waals surface area contributed by atoms with Gasteiger partial charge < -0.3 is 11.1 Å². The first-order chi connectivity index (χ1) is 13.6. The Bertz CT molecular complexity index is 1140. The molecule has 0 aliphatic rings. The fourth-order valence-electron chi connectivity index (χ4n) is 3.01. The number of nitrogens with zero attached hydrogens (tertiary/aromatic N) is 2. The number of rotatable bonds is 4. The van der Waals surface area contributed by atoms with Crippen molar-refractivity contribution in [3.05, 3.63) is 96.2 Å². The zero-order valence-electron chi connectivity index (χ0n) is 14.8. The van der Waals surface area contributed by atoms with Gasteiger partial charge in [0.1, 0.15) is 12.0 Å². The largest absolute Gasteiger partial charge is 0.333 e. The van der Waals surface area contributed by atoms with Crippen LogP contribution >= 0.6 is 0 Å². The van der Waals surface area contributed by atoms with E-state index in [0.717, 1.165) is 10.8 Å². The minimum absolute atomic E-state index is 0.314. The maximum Gasteiger partial charge on any atom is 0.254 e. The molecule has 1 atom stereocenters. The van der Waals surface area contributed by atoms with Crippen LogP contribution in [0.5, 0.6) is 0 Å². The number of benzene rings is 2. The molecule has 4 aromatic rings. The van der Waals surface area contributed by atoms with Gasteiger partial charge in [-0.15, -0.1) is 0 Å². The monoisotopic (exact) mass is 372 g/mol. The van der Waals surface area contributed by atoms with Crippen LogP contribution in [-0.4, -0.2) is 15.9 Å². The van der Waals surface area contributed by atoms with Gasteiger partial charge in [0.05, 0.1) is 11.3 Å². The number of halogens is 1. The van der Waals surface area contributed by atoms with E-state index in [1.807, 2.05) is 24.3 Å². The number of nitrogens with one attached hydrogen (secondary N) is 1. The zero-order valence-corrected chi connectivity index (χ0v) is 14.8. The van der Waals surface area contributed by atoms with Crippen LogP contribution in [-0.2, 0) is 0 Å². The van der Waals surface area contributed by atoms with Crippen LogP contribution in [0.4, 0.5) is 4.39 Å². The summed E-state index contributed by atoms with van der Waals surface area (Å²) in [5.41, 5.74) is 8.53. The van der Waals surface area contributed by atoms with Crippen LogP contribution in [0.15, 0.2) is 79.3 Å². The Balaban J connectivity index is 1.53. The van der Waals surface area contributed by atoms with Crippen LogP contribution in [0.1, 0.15) is 22.1 Å². The molecule has 0 bridgehead atoms. The van der Waals surface area contributed by atoms with Gasteiger partial charge in [-0.1, -0.05) is 42.5 Å². The van der Waals surface area contributed by atoms with Crippen LogP contribution in [0, 0.1) is 5.82 Å². The first kappa shape index (κ1) is 17.8. The van der Waals surface area contributed by atoms with E-state index in [4.69, 9.17) is 5.73 Å². The van der Waals surface area contributed by atoms with Crippen molar-refractivity contribution in [3.63, 3.8) is 0 Å². The second kappa shape index (κ2) is 7.54. The number of amides is 1. The highest BCUT2D eigenvalue weighted by atomic mass is 19.1. The van der Waals surface area contributed by atoms with Gasteiger partial charge in [-0.05, 0) is 23.6 Å². The summed E-state index contributed by atoms with van der Waals surface area (Å²) in [5.74, 6) is -0.637.